The van der Waals surface area contributed by atoms with E-state index in [4.69, 9.17) is 14.2 Å². The molecule has 0 aliphatic carbocycles. The van der Waals surface area contributed by atoms with Crippen molar-refractivity contribution in [1.82, 2.24) is 5.32 Å². The van der Waals surface area contributed by atoms with E-state index in [1.165, 1.54) is 6.08 Å². The van der Waals surface area contributed by atoms with E-state index in [-0.39, 0.29) is 5.91 Å². The number of aryl methyl sites for hydroxylation is 1. The number of hydrogen-bond acceptors (Lipinski definition) is 5. The molecule has 2 aromatic rings. The van der Waals surface area contributed by atoms with E-state index in [2.05, 4.69) is 5.32 Å². The quantitative estimate of drug-likeness (QED) is 0.615. The Hall–Kier alpha value is -3.28. The molecule has 1 heterocycles. The topological polar surface area (TPSA) is 73.9 Å². The Labute approximate surface area is 164 Å². The second kappa shape index (κ2) is 9.08. The molecule has 6 nitrogen and oxygen atoms in total. The van der Waals surface area contributed by atoms with E-state index in [0.717, 1.165) is 16.7 Å². The Morgan fingerprint density at radius 1 is 1.11 bits per heavy atom. The van der Waals surface area contributed by atoms with Gasteiger partial charge in [-0.15, -0.1) is 0 Å². The zero-order valence-electron chi connectivity index (χ0n) is 15.9. The van der Waals surface area contributed by atoms with Crippen molar-refractivity contribution in [2.75, 3.05) is 13.2 Å². The minimum atomic E-state index is -0.886. The smallest absolute Gasteiger partial charge is 0.331 e. The van der Waals surface area contributed by atoms with Crippen LogP contribution in [0, 0.1) is 6.92 Å². The maximum atomic E-state index is 12.1. The number of carbonyl (C=O) groups excluding carboxylic acids is 2. The normalized spacial score (nSPS) is 13.8. The fraction of sp³-hybridized carbons (Fsp3) is 0.273. The fourth-order valence-electron chi connectivity index (χ4n) is 2.63. The minimum Gasteiger partial charge on any atom is -0.486 e. The van der Waals surface area contributed by atoms with Gasteiger partial charge in [0.25, 0.3) is 5.91 Å². The first-order valence-electron chi connectivity index (χ1n) is 9.13. The van der Waals surface area contributed by atoms with Crippen LogP contribution in [-0.2, 0) is 20.9 Å². The highest BCUT2D eigenvalue weighted by Gasteiger charge is 2.16. The summed E-state index contributed by atoms with van der Waals surface area (Å²) in [5.41, 5.74) is 2.91. The van der Waals surface area contributed by atoms with Crippen LogP contribution in [0.3, 0.4) is 0 Å². The second-order valence-electron chi connectivity index (χ2n) is 6.52. The number of ether oxygens (including phenoxy) is 3. The molecule has 0 fully saturated rings. The van der Waals surface area contributed by atoms with Gasteiger partial charge in [0, 0.05) is 12.6 Å². The van der Waals surface area contributed by atoms with Gasteiger partial charge in [-0.1, -0.05) is 35.9 Å². The van der Waals surface area contributed by atoms with E-state index in [1.54, 1.807) is 25.1 Å². The van der Waals surface area contributed by atoms with Crippen molar-refractivity contribution in [1.29, 1.82) is 0 Å². The van der Waals surface area contributed by atoms with Crippen molar-refractivity contribution in [3.63, 3.8) is 0 Å². The standard InChI is InChI=1S/C22H23NO5/c1-15-3-5-18(6-4-15)14-23-22(25)16(2)28-21(24)10-8-17-7-9-19-20(13-17)27-12-11-26-19/h3-10,13,16H,11-12,14H2,1-2H3,(H,23,25)/b10-8+/t16-/m1/s1. The predicted molar refractivity (Wildman–Crippen MR) is 105 cm³/mol. The lowest BCUT2D eigenvalue weighted by Gasteiger charge is -2.18. The van der Waals surface area contributed by atoms with Gasteiger partial charge in [0.1, 0.15) is 13.2 Å². The van der Waals surface area contributed by atoms with Crippen LogP contribution in [0.4, 0.5) is 0 Å². The molecular formula is C22H23NO5. The average molecular weight is 381 g/mol. The third-order valence-corrected chi connectivity index (χ3v) is 4.23. The summed E-state index contributed by atoms with van der Waals surface area (Å²) in [7, 11) is 0. The third kappa shape index (κ3) is 5.36. The molecule has 1 aliphatic rings. The largest absolute Gasteiger partial charge is 0.486 e. The number of carbonyl (C=O) groups is 2. The van der Waals surface area contributed by atoms with Gasteiger partial charge >= 0.3 is 5.97 Å². The lowest BCUT2D eigenvalue weighted by atomic mass is 10.1. The summed E-state index contributed by atoms with van der Waals surface area (Å²) in [6.45, 7) is 4.95. The minimum absolute atomic E-state index is 0.346. The molecule has 0 radical (unpaired) electrons. The van der Waals surface area contributed by atoms with Gasteiger partial charge in [0.2, 0.25) is 0 Å². The van der Waals surface area contributed by atoms with E-state index < -0.39 is 12.1 Å². The maximum Gasteiger partial charge on any atom is 0.331 e. The molecule has 0 aromatic heterocycles. The number of hydrogen-bond donors (Lipinski definition) is 1. The molecule has 28 heavy (non-hydrogen) atoms. The summed E-state index contributed by atoms with van der Waals surface area (Å²) in [5.74, 6) is 0.394. The summed E-state index contributed by atoms with van der Waals surface area (Å²) in [6, 6.07) is 13.2. The Balaban J connectivity index is 1.48. The highest BCUT2D eigenvalue weighted by Crippen LogP contribution is 2.31. The molecule has 0 spiro atoms. The predicted octanol–water partition coefficient (Wildman–Crippen LogP) is 3.03. The first-order valence-corrected chi connectivity index (χ1v) is 9.13. The van der Waals surface area contributed by atoms with Crippen molar-refractivity contribution < 1.29 is 23.8 Å². The van der Waals surface area contributed by atoms with E-state index >= 15 is 0 Å². The molecular weight excluding hydrogens is 358 g/mol. The zero-order valence-corrected chi connectivity index (χ0v) is 15.9. The fourth-order valence-corrected chi connectivity index (χ4v) is 2.63. The number of benzene rings is 2. The van der Waals surface area contributed by atoms with Crippen LogP contribution < -0.4 is 14.8 Å². The number of esters is 1. The molecule has 1 atom stereocenters. The zero-order chi connectivity index (χ0) is 19.9. The first kappa shape index (κ1) is 19.5. The molecule has 2 aromatic carbocycles. The molecule has 3 rings (SSSR count). The van der Waals surface area contributed by atoms with Gasteiger partial charge < -0.3 is 19.5 Å². The van der Waals surface area contributed by atoms with Crippen molar-refractivity contribution in [3.05, 3.63) is 65.2 Å². The molecule has 0 saturated carbocycles. The summed E-state index contributed by atoms with van der Waals surface area (Å²) in [5, 5.41) is 2.76. The van der Waals surface area contributed by atoms with Crippen molar-refractivity contribution in [2.24, 2.45) is 0 Å². The molecule has 0 bridgehead atoms. The molecule has 0 saturated heterocycles. The molecule has 146 valence electrons. The Bertz CT molecular complexity index is 873. The molecule has 6 heteroatoms. The highest BCUT2D eigenvalue weighted by atomic mass is 16.6. The van der Waals surface area contributed by atoms with E-state index in [9.17, 15) is 9.59 Å². The Morgan fingerprint density at radius 3 is 2.57 bits per heavy atom. The summed E-state index contributed by atoms with van der Waals surface area (Å²) >= 11 is 0. The van der Waals surface area contributed by atoms with Gasteiger partial charge in [0.05, 0.1) is 0 Å². The van der Waals surface area contributed by atoms with E-state index in [0.29, 0.717) is 31.3 Å². The SMILES string of the molecule is Cc1ccc(CNC(=O)[C@@H](C)OC(=O)/C=C/c2ccc3c(c2)OCCO3)cc1. The van der Waals surface area contributed by atoms with Crippen molar-refractivity contribution in [2.45, 2.75) is 26.5 Å². The van der Waals surface area contributed by atoms with Crippen molar-refractivity contribution in [3.8, 4) is 11.5 Å². The highest BCUT2D eigenvalue weighted by molar-refractivity contribution is 5.90. The van der Waals surface area contributed by atoms with E-state index in [1.807, 2.05) is 37.3 Å². The first-order chi connectivity index (χ1) is 13.5. The molecule has 1 aliphatic heterocycles. The number of nitrogens with one attached hydrogen (secondary N) is 1. The van der Waals surface area contributed by atoms with Crippen LogP contribution in [0.1, 0.15) is 23.6 Å². The van der Waals surface area contributed by atoms with Crippen LogP contribution in [0.5, 0.6) is 11.5 Å². The second-order valence-corrected chi connectivity index (χ2v) is 6.52. The number of amides is 1. The molecule has 1 amide bonds. The molecule has 1 N–H and O–H groups in total. The summed E-state index contributed by atoms with van der Waals surface area (Å²) in [6.07, 6.45) is 2.01. The monoisotopic (exact) mass is 381 g/mol. The third-order valence-electron chi connectivity index (χ3n) is 4.23. The maximum absolute atomic E-state index is 12.1. The Kier molecular flexibility index (Phi) is 6.32. The lowest BCUT2D eigenvalue weighted by molar-refractivity contribution is -0.150. The van der Waals surface area contributed by atoms with Gasteiger partial charge in [-0.2, -0.15) is 0 Å². The average Bonchev–Trinajstić information content (AvgIpc) is 2.71. The van der Waals surface area contributed by atoms with Crippen LogP contribution in [-0.4, -0.2) is 31.2 Å². The summed E-state index contributed by atoms with van der Waals surface area (Å²) in [4.78, 5) is 24.1. The number of fused-ring (bicyclic) bond motifs is 1. The molecule has 0 unspecified atom stereocenters. The van der Waals surface area contributed by atoms with Crippen molar-refractivity contribution >= 4 is 18.0 Å². The van der Waals surface area contributed by atoms with Gasteiger partial charge in [0.15, 0.2) is 17.6 Å². The van der Waals surface area contributed by atoms with Gasteiger partial charge in [-0.25, -0.2) is 4.79 Å². The summed E-state index contributed by atoms with van der Waals surface area (Å²) < 4.78 is 16.1. The van der Waals surface area contributed by atoms with Crippen LogP contribution in [0.15, 0.2) is 48.5 Å². The lowest BCUT2D eigenvalue weighted by Crippen LogP contribution is -2.35. The Morgan fingerprint density at radius 2 is 1.82 bits per heavy atom. The van der Waals surface area contributed by atoms with Gasteiger partial charge in [-0.3, -0.25) is 4.79 Å². The van der Waals surface area contributed by atoms with Crippen LogP contribution in [0.2, 0.25) is 0 Å². The van der Waals surface area contributed by atoms with Gasteiger partial charge in [-0.05, 0) is 43.2 Å². The number of rotatable bonds is 6. The van der Waals surface area contributed by atoms with Crippen LogP contribution >= 0.6 is 0 Å². The van der Waals surface area contributed by atoms with Crippen LogP contribution in [0.25, 0.3) is 6.08 Å².